The van der Waals surface area contributed by atoms with Crippen LogP contribution in [0.4, 0.5) is 0 Å². The first-order valence-electron chi connectivity index (χ1n) is 6.33. The van der Waals surface area contributed by atoms with Crippen LogP contribution in [-0.2, 0) is 0 Å². The molecule has 1 amide bonds. The summed E-state index contributed by atoms with van der Waals surface area (Å²) in [7, 11) is 0. The number of aromatic hydroxyl groups is 2. The van der Waals surface area contributed by atoms with E-state index in [1.54, 1.807) is 6.07 Å². The van der Waals surface area contributed by atoms with E-state index in [0.717, 1.165) is 19.4 Å². The number of rotatable bonds is 2. The molecule has 0 aliphatic carbocycles. The van der Waals surface area contributed by atoms with Gasteiger partial charge < -0.3 is 15.1 Å². The van der Waals surface area contributed by atoms with Crippen LogP contribution in [0.15, 0.2) is 18.2 Å². The smallest absolute Gasteiger partial charge is 0.254 e. The molecule has 18 heavy (non-hydrogen) atoms. The third-order valence-corrected chi connectivity index (χ3v) is 3.55. The molecule has 0 saturated carbocycles. The van der Waals surface area contributed by atoms with Crippen LogP contribution in [0.3, 0.4) is 0 Å². The molecule has 2 N–H and O–H groups in total. The Morgan fingerprint density at radius 2 is 2.06 bits per heavy atom. The van der Waals surface area contributed by atoms with Gasteiger partial charge in [0.25, 0.3) is 5.91 Å². The predicted octanol–water partition coefficient (Wildman–Crippen LogP) is 2.36. The Kier molecular flexibility index (Phi) is 3.45. The highest BCUT2D eigenvalue weighted by molar-refractivity contribution is 5.95. The van der Waals surface area contributed by atoms with Crippen molar-refractivity contribution >= 4 is 5.91 Å². The highest BCUT2D eigenvalue weighted by Gasteiger charge is 2.31. The summed E-state index contributed by atoms with van der Waals surface area (Å²) >= 11 is 0. The summed E-state index contributed by atoms with van der Waals surface area (Å²) in [6, 6.07) is 4.50. The lowest BCUT2D eigenvalue weighted by atomic mass is 10.0. The molecule has 1 fully saturated rings. The molecule has 1 aromatic rings. The summed E-state index contributed by atoms with van der Waals surface area (Å²) in [5, 5.41) is 18.7. The standard InChI is InChI=1S/C14H19NO3/c1-9(2)11-4-3-7-15(11)14(18)10-5-6-12(16)13(17)8-10/h5-6,8-9,11,16-17H,3-4,7H2,1-2H3. The fraction of sp³-hybridized carbons (Fsp3) is 0.500. The number of carbonyl (C=O) groups is 1. The Labute approximate surface area is 107 Å². The van der Waals surface area contributed by atoms with E-state index in [4.69, 9.17) is 0 Å². The summed E-state index contributed by atoms with van der Waals surface area (Å²) in [6.45, 7) is 5.00. The minimum atomic E-state index is -0.249. The van der Waals surface area contributed by atoms with E-state index in [1.807, 2.05) is 4.90 Å². The topological polar surface area (TPSA) is 60.8 Å². The van der Waals surface area contributed by atoms with Gasteiger partial charge in [0, 0.05) is 18.2 Å². The average molecular weight is 249 g/mol. The fourth-order valence-corrected chi connectivity index (χ4v) is 2.56. The van der Waals surface area contributed by atoms with E-state index in [9.17, 15) is 15.0 Å². The molecule has 4 nitrogen and oxygen atoms in total. The average Bonchev–Trinajstić information content (AvgIpc) is 2.81. The Hall–Kier alpha value is -1.71. The number of amides is 1. The lowest BCUT2D eigenvalue weighted by molar-refractivity contribution is 0.0701. The lowest BCUT2D eigenvalue weighted by Crippen LogP contribution is -2.38. The maximum absolute atomic E-state index is 12.4. The van der Waals surface area contributed by atoms with Gasteiger partial charge in [-0.3, -0.25) is 4.79 Å². The van der Waals surface area contributed by atoms with E-state index < -0.39 is 0 Å². The number of benzene rings is 1. The van der Waals surface area contributed by atoms with Crippen molar-refractivity contribution in [3.05, 3.63) is 23.8 Å². The van der Waals surface area contributed by atoms with Crippen molar-refractivity contribution in [3.63, 3.8) is 0 Å². The van der Waals surface area contributed by atoms with Crippen molar-refractivity contribution in [1.29, 1.82) is 0 Å². The quantitative estimate of drug-likeness (QED) is 0.791. The van der Waals surface area contributed by atoms with Gasteiger partial charge in [0.05, 0.1) is 0 Å². The summed E-state index contributed by atoms with van der Waals surface area (Å²) in [5.74, 6) is -0.0850. The number of phenolic OH excluding ortho intramolecular Hbond substituents is 2. The molecule has 1 unspecified atom stereocenters. The van der Waals surface area contributed by atoms with Crippen LogP contribution in [0.25, 0.3) is 0 Å². The van der Waals surface area contributed by atoms with Gasteiger partial charge in [0.15, 0.2) is 11.5 Å². The van der Waals surface area contributed by atoms with Crippen LogP contribution in [0, 0.1) is 5.92 Å². The van der Waals surface area contributed by atoms with Crippen LogP contribution >= 0.6 is 0 Å². The van der Waals surface area contributed by atoms with Crippen LogP contribution in [0.5, 0.6) is 11.5 Å². The minimum absolute atomic E-state index is 0.0681. The second-order valence-corrected chi connectivity index (χ2v) is 5.16. The second-order valence-electron chi connectivity index (χ2n) is 5.16. The monoisotopic (exact) mass is 249 g/mol. The molecular weight excluding hydrogens is 230 g/mol. The summed E-state index contributed by atoms with van der Waals surface area (Å²) in [6.07, 6.45) is 2.06. The number of hydrogen-bond donors (Lipinski definition) is 2. The van der Waals surface area contributed by atoms with Gasteiger partial charge in [-0.2, -0.15) is 0 Å². The molecule has 1 aliphatic heterocycles. The SMILES string of the molecule is CC(C)C1CCCN1C(=O)c1ccc(O)c(O)c1. The Balaban J connectivity index is 2.22. The number of likely N-dealkylation sites (tertiary alicyclic amines) is 1. The van der Waals surface area contributed by atoms with Crippen molar-refractivity contribution in [2.75, 3.05) is 6.54 Å². The van der Waals surface area contributed by atoms with Crippen LogP contribution in [0.2, 0.25) is 0 Å². The number of phenols is 2. The van der Waals surface area contributed by atoms with Crippen molar-refractivity contribution in [2.45, 2.75) is 32.7 Å². The van der Waals surface area contributed by atoms with Gasteiger partial charge >= 0.3 is 0 Å². The zero-order valence-corrected chi connectivity index (χ0v) is 10.8. The maximum Gasteiger partial charge on any atom is 0.254 e. The fourth-order valence-electron chi connectivity index (χ4n) is 2.56. The molecule has 1 aromatic carbocycles. The number of nitrogens with zero attached hydrogens (tertiary/aromatic N) is 1. The molecule has 0 aromatic heterocycles. The molecule has 1 saturated heterocycles. The zero-order chi connectivity index (χ0) is 13.3. The largest absolute Gasteiger partial charge is 0.504 e. The molecule has 0 bridgehead atoms. The van der Waals surface area contributed by atoms with E-state index in [-0.39, 0.29) is 23.4 Å². The molecule has 1 atom stereocenters. The Morgan fingerprint density at radius 1 is 1.33 bits per heavy atom. The maximum atomic E-state index is 12.4. The molecular formula is C14H19NO3. The first-order chi connectivity index (χ1) is 8.50. The van der Waals surface area contributed by atoms with E-state index in [2.05, 4.69) is 13.8 Å². The van der Waals surface area contributed by atoms with E-state index in [0.29, 0.717) is 11.5 Å². The third kappa shape index (κ3) is 2.28. The Morgan fingerprint density at radius 3 is 2.67 bits per heavy atom. The number of carbonyl (C=O) groups excluding carboxylic acids is 1. The summed E-state index contributed by atoms with van der Waals surface area (Å²) < 4.78 is 0. The van der Waals surface area contributed by atoms with Crippen molar-refractivity contribution in [2.24, 2.45) is 5.92 Å². The lowest BCUT2D eigenvalue weighted by Gasteiger charge is -2.27. The molecule has 98 valence electrons. The van der Waals surface area contributed by atoms with Gasteiger partial charge in [-0.15, -0.1) is 0 Å². The first-order valence-corrected chi connectivity index (χ1v) is 6.33. The second kappa shape index (κ2) is 4.88. The van der Waals surface area contributed by atoms with Crippen molar-refractivity contribution < 1.29 is 15.0 Å². The highest BCUT2D eigenvalue weighted by Crippen LogP contribution is 2.29. The summed E-state index contributed by atoms with van der Waals surface area (Å²) in [5.41, 5.74) is 0.429. The number of hydrogen-bond acceptors (Lipinski definition) is 3. The van der Waals surface area contributed by atoms with Crippen molar-refractivity contribution in [1.82, 2.24) is 4.90 Å². The van der Waals surface area contributed by atoms with Crippen LogP contribution in [0.1, 0.15) is 37.0 Å². The third-order valence-electron chi connectivity index (χ3n) is 3.55. The van der Waals surface area contributed by atoms with Gasteiger partial charge in [0.2, 0.25) is 0 Å². The molecule has 2 rings (SSSR count). The van der Waals surface area contributed by atoms with Gasteiger partial charge in [-0.1, -0.05) is 13.8 Å². The van der Waals surface area contributed by atoms with Crippen LogP contribution < -0.4 is 0 Å². The van der Waals surface area contributed by atoms with Gasteiger partial charge in [-0.25, -0.2) is 0 Å². The van der Waals surface area contributed by atoms with Gasteiger partial charge in [0.1, 0.15) is 0 Å². The Bertz CT molecular complexity index is 456. The molecule has 4 heteroatoms. The normalized spacial score (nSPS) is 19.5. The molecule has 0 radical (unpaired) electrons. The van der Waals surface area contributed by atoms with Crippen LogP contribution in [-0.4, -0.2) is 33.6 Å². The zero-order valence-electron chi connectivity index (χ0n) is 10.8. The first kappa shape index (κ1) is 12.7. The summed E-state index contributed by atoms with van der Waals surface area (Å²) in [4.78, 5) is 14.2. The van der Waals surface area contributed by atoms with E-state index in [1.165, 1.54) is 12.1 Å². The van der Waals surface area contributed by atoms with Crippen molar-refractivity contribution in [3.8, 4) is 11.5 Å². The molecule has 0 spiro atoms. The van der Waals surface area contributed by atoms with Gasteiger partial charge in [-0.05, 0) is 37.0 Å². The predicted molar refractivity (Wildman–Crippen MR) is 68.7 cm³/mol. The highest BCUT2D eigenvalue weighted by atomic mass is 16.3. The molecule has 1 aliphatic rings. The van der Waals surface area contributed by atoms with E-state index >= 15 is 0 Å². The minimum Gasteiger partial charge on any atom is -0.504 e. The molecule has 1 heterocycles.